The fraction of sp³-hybridized carbons (Fsp3) is 0.444. The predicted molar refractivity (Wildman–Crippen MR) is 48.4 cm³/mol. The summed E-state index contributed by atoms with van der Waals surface area (Å²) in [7, 11) is 0. The summed E-state index contributed by atoms with van der Waals surface area (Å²) in [6, 6.07) is -1.59. The molecular weight excluding hydrogens is 250 g/mol. The van der Waals surface area contributed by atoms with E-state index < -0.39 is 54.3 Å². The van der Waals surface area contributed by atoms with E-state index in [1.807, 2.05) is 0 Å². The van der Waals surface area contributed by atoms with Crippen LogP contribution in [0.1, 0.15) is 12.8 Å². The van der Waals surface area contributed by atoms with Crippen LogP contribution in [0.5, 0.6) is 0 Å². The number of carbonyl (C=O) groups excluding carboxylic acids is 4. The van der Waals surface area contributed by atoms with Gasteiger partial charge in [-0.05, 0) is 6.42 Å². The lowest BCUT2D eigenvalue weighted by Crippen LogP contribution is -2.52. The smallest absolute Gasteiger partial charge is 0.303 e. The molecule has 18 heavy (non-hydrogen) atoms. The number of ketones is 2. The zero-order valence-corrected chi connectivity index (χ0v) is 8.95. The highest BCUT2D eigenvalue weighted by Crippen LogP contribution is 2.06. The van der Waals surface area contributed by atoms with E-state index in [-0.39, 0.29) is 0 Å². The highest BCUT2D eigenvalue weighted by molar-refractivity contribution is 6.41. The minimum Gasteiger partial charge on any atom is -0.549 e. The Morgan fingerprint density at radius 2 is 1.61 bits per heavy atom. The lowest BCUT2D eigenvalue weighted by molar-refractivity contribution is -0.313. The van der Waals surface area contributed by atoms with Crippen LogP contribution in [-0.2, 0) is 24.0 Å². The summed E-state index contributed by atoms with van der Waals surface area (Å²) in [4.78, 5) is 53.2. The van der Waals surface area contributed by atoms with Crippen molar-refractivity contribution in [1.82, 2.24) is 0 Å². The number of carboxylic acids is 3. The van der Waals surface area contributed by atoms with Crippen molar-refractivity contribution in [2.45, 2.75) is 18.9 Å². The quantitative estimate of drug-likeness (QED) is 0.320. The van der Waals surface area contributed by atoms with E-state index >= 15 is 0 Å². The fourth-order valence-corrected chi connectivity index (χ4v) is 1.11. The molecule has 0 rings (SSSR count). The molecule has 0 radical (unpaired) electrons. The van der Waals surface area contributed by atoms with Crippen molar-refractivity contribution >= 4 is 29.5 Å². The number of aliphatic carboxylic acids is 3. The zero-order valence-electron chi connectivity index (χ0n) is 8.95. The molecule has 0 aromatic carbocycles. The molecule has 0 saturated carbocycles. The van der Waals surface area contributed by atoms with Crippen LogP contribution in [0, 0.1) is 5.92 Å². The third kappa shape index (κ3) is 4.29. The van der Waals surface area contributed by atoms with E-state index in [0.29, 0.717) is 0 Å². The molecule has 0 spiro atoms. The number of hydrogen-bond acceptors (Lipinski definition) is 8. The van der Waals surface area contributed by atoms with Gasteiger partial charge in [0, 0.05) is 6.42 Å². The lowest BCUT2D eigenvalue weighted by atomic mass is 9.92. The van der Waals surface area contributed by atoms with Crippen molar-refractivity contribution in [3.63, 3.8) is 0 Å². The van der Waals surface area contributed by atoms with Crippen LogP contribution in [0.4, 0.5) is 0 Å². The van der Waals surface area contributed by atoms with Crippen LogP contribution < -0.4 is 15.9 Å². The Hall–Kier alpha value is -2.29. The number of Topliss-reactive ketones (excluding diaryl/α,β-unsaturated/α-hetero) is 2. The Morgan fingerprint density at radius 1 is 1.11 bits per heavy atom. The molecule has 0 fully saturated rings. The van der Waals surface area contributed by atoms with Crippen molar-refractivity contribution in [2.75, 3.05) is 0 Å². The molecule has 0 aromatic heterocycles. The first-order valence-corrected chi connectivity index (χ1v) is 4.65. The number of carbonyl (C=O) groups is 5. The van der Waals surface area contributed by atoms with Crippen LogP contribution in [0.25, 0.3) is 0 Å². The topological polar surface area (TPSA) is 178 Å². The summed E-state index contributed by atoms with van der Waals surface area (Å²) in [6.07, 6.45) is -0.968. The van der Waals surface area contributed by atoms with Crippen molar-refractivity contribution in [2.24, 2.45) is 11.7 Å². The first-order chi connectivity index (χ1) is 8.18. The third-order valence-corrected chi connectivity index (χ3v) is 2.02. The van der Waals surface area contributed by atoms with Crippen molar-refractivity contribution in [3.05, 3.63) is 0 Å². The van der Waals surface area contributed by atoms with Gasteiger partial charge in [0.05, 0.1) is 12.0 Å². The summed E-state index contributed by atoms with van der Waals surface area (Å²) >= 11 is 0. The number of carboxylic acid groups (broad SMARTS) is 3. The van der Waals surface area contributed by atoms with Gasteiger partial charge in [0.15, 0.2) is 11.6 Å². The van der Waals surface area contributed by atoms with Gasteiger partial charge >= 0.3 is 5.97 Å². The van der Waals surface area contributed by atoms with Crippen molar-refractivity contribution in [1.29, 1.82) is 0 Å². The van der Waals surface area contributed by atoms with E-state index in [1.165, 1.54) is 0 Å². The molecule has 0 bridgehead atoms. The second-order valence-electron chi connectivity index (χ2n) is 3.35. The highest BCUT2D eigenvalue weighted by Gasteiger charge is 2.32. The van der Waals surface area contributed by atoms with Crippen LogP contribution >= 0.6 is 0 Å². The van der Waals surface area contributed by atoms with Gasteiger partial charge in [-0.25, -0.2) is 0 Å². The summed E-state index contributed by atoms with van der Waals surface area (Å²) in [5, 5.41) is 29.0. The predicted octanol–water partition coefficient (Wildman–Crippen LogP) is -4.57. The van der Waals surface area contributed by atoms with Gasteiger partial charge in [-0.1, -0.05) is 0 Å². The maximum Gasteiger partial charge on any atom is 0.303 e. The Balaban J connectivity index is 4.87. The molecule has 2 atom stereocenters. The van der Waals surface area contributed by atoms with Gasteiger partial charge in [0.1, 0.15) is 11.9 Å². The average molecular weight is 259 g/mol. The van der Waals surface area contributed by atoms with Crippen LogP contribution in [-0.4, -0.2) is 40.6 Å². The molecule has 0 heterocycles. The third-order valence-electron chi connectivity index (χ3n) is 2.02. The standard InChI is InChI=1S/C9H11NO8/c10-3(1-2-4(11)12)6(13)5(8(15)16)7(14)9(17)18/h3,5H,1-2,10H2,(H,11,12)(H,15,16)(H,17,18)/p-2. The van der Waals surface area contributed by atoms with Gasteiger partial charge in [0.25, 0.3) is 0 Å². The van der Waals surface area contributed by atoms with E-state index in [9.17, 15) is 34.2 Å². The molecule has 9 nitrogen and oxygen atoms in total. The molecule has 0 amide bonds. The molecule has 0 aliphatic heterocycles. The molecule has 2 unspecified atom stereocenters. The minimum atomic E-state index is -2.58. The first kappa shape index (κ1) is 15.7. The average Bonchev–Trinajstić information content (AvgIpc) is 2.24. The maximum atomic E-state index is 11.4. The molecule has 3 N–H and O–H groups in total. The molecule has 0 saturated heterocycles. The number of nitrogens with two attached hydrogens (primary N) is 1. The fourth-order valence-electron chi connectivity index (χ4n) is 1.11. The van der Waals surface area contributed by atoms with Crippen LogP contribution in [0.3, 0.4) is 0 Å². The first-order valence-electron chi connectivity index (χ1n) is 4.65. The van der Waals surface area contributed by atoms with E-state index in [0.717, 1.165) is 0 Å². The highest BCUT2D eigenvalue weighted by atomic mass is 16.4. The summed E-state index contributed by atoms with van der Waals surface area (Å²) < 4.78 is 0. The lowest BCUT2D eigenvalue weighted by Gasteiger charge is -2.19. The van der Waals surface area contributed by atoms with E-state index in [4.69, 9.17) is 10.8 Å². The summed E-state index contributed by atoms with van der Waals surface area (Å²) in [5.74, 6) is -11.9. The summed E-state index contributed by atoms with van der Waals surface area (Å²) in [6.45, 7) is 0. The Labute approximate surface area is 100 Å². The molecule has 9 heteroatoms. The SMILES string of the molecule is NC(CCC(=O)O)C(=O)C(C(=O)[O-])C(=O)C(=O)[O-]. The van der Waals surface area contributed by atoms with Crippen molar-refractivity contribution in [3.8, 4) is 0 Å². The van der Waals surface area contributed by atoms with E-state index in [1.54, 1.807) is 0 Å². The van der Waals surface area contributed by atoms with Crippen molar-refractivity contribution < 1.29 is 39.3 Å². The normalized spacial score (nSPS) is 13.4. The molecule has 0 aliphatic rings. The summed E-state index contributed by atoms with van der Waals surface area (Å²) in [5.41, 5.74) is 5.17. The Morgan fingerprint density at radius 3 is 1.94 bits per heavy atom. The van der Waals surface area contributed by atoms with Gasteiger partial charge < -0.3 is 30.6 Å². The number of rotatable bonds is 8. The molecule has 100 valence electrons. The Bertz CT molecular complexity index is 401. The van der Waals surface area contributed by atoms with Crippen LogP contribution in [0.2, 0.25) is 0 Å². The van der Waals surface area contributed by atoms with Gasteiger partial charge in [-0.2, -0.15) is 0 Å². The van der Waals surface area contributed by atoms with Gasteiger partial charge in [-0.3, -0.25) is 14.4 Å². The molecular formula is C9H9NO8-2. The number of hydrogen-bond donors (Lipinski definition) is 2. The zero-order chi connectivity index (χ0) is 14.5. The maximum absolute atomic E-state index is 11.4. The van der Waals surface area contributed by atoms with E-state index in [2.05, 4.69) is 0 Å². The van der Waals surface area contributed by atoms with Crippen LogP contribution in [0.15, 0.2) is 0 Å². The minimum absolute atomic E-state index is 0.432. The Kier molecular flexibility index (Phi) is 5.63. The second-order valence-corrected chi connectivity index (χ2v) is 3.35. The monoisotopic (exact) mass is 259 g/mol. The van der Waals surface area contributed by atoms with Gasteiger partial charge in [0.2, 0.25) is 0 Å². The molecule has 0 aromatic rings. The largest absolute Gasteiger partial charge is 0.549 e. The second kappa shape index (κ2) is 6.45. The van der Waals surface area contributed by atoms with Gasteiger partial charge in [-0.15, -0.1) is 0 Å². The molecule has 0 aliphatic carbocycles.